The first-order valence-electron chi connectivity index (χ1n) is 26.1. The Labute approximate surface area is 428 Å². The van der Waals surface area contributed by atoms with E-state index in [4.69, 9.17) is 29.4 Å². The molecule has 11 atom stereocenters. The number of nitrogens with zero attached hydrogens (tertiary/aromatic N) is 13. The third kappa shape index (κ3) is 10.1. The number of hydrogen-bond donors (Lipinski definition) is 9. The smallest absolute Gasteiger partial charge is 0.317 e. The van der Waals surface area contributed by atoms with Gasteiger partial charge in [0.05, 0.1) is 12.7 Å². The number of carbonyl (C=O) groups is 3. The molecule has 0 unspecified atom stereocenters. The van der Waals surface area contributed by atoms with Crippen LogP contribution in [0.1, 0.15) is 71.2 Å². The number of nitrogens with one attached hydrogen (secondary N) is 5. The number of carbonyl (C=O) groups excluding carboxylic acids is 3. The van der Waals surface area contributed by atoms with Crippen LogP contribution in [0, 0.1) is 0 Å². The van der Waals surface area contributed by atoms with E-state index in [1.807, 2.05) is 19.0 Å². The highest BCUT2D eigenvalue weighted by molar-refractivity contribution is 5.86. The van der Waals surface area contributed by atoms with E-state index >= 15 is 0 Å². The maximum atomic E-state index is 13.9. The number of anilines is 4. The van der Waals surface area contributed by atoms with Crippen molar-refractivity contribution in [2.24, 2.45) is 0 Å². The third-order valence-corrected chi connectivity index (χ3v) is 15.6. The number of amides is 4. The Hall–Kier alpha value is -5.81. The van der Waals surface area contributed by atoms with Gasteiger partial charge in [0.15, 0.2) is 58.6 Å². The van der Waals surface area contributed by atoms with Gasteiger partial charge in [0.2, 0.25) is 11.9 Å². The molecular weight excluding hydrogens is 961 g/mol. The molecule has 9 N–H and O–H groups in total. The van der Waals surface area contributed by atoms with E-state index in [2.05, 4.69) is 70.2 Å². The van der Waals surface area contributed by atoms with Crippen molar-refractivity contribution in [3.63, 3.8) is 0 Å². The number of aromatic nitrogens is 8. The standard InChI is InChI=1S/C47H72N18O9/c1-7-48-41(70)35-31(66)33(68)43(73-35)64-22-50-29-37(55-45(57-39(29)64)61-17-14-27(20-61)59(3)4)52-24-9-11-25(12-10-24)54-47(72)63-16-13-26(19-63)53-38-30-40(58-46(56-38)62-18-15-28(21-62)60(5)6)65(23-51-30)44-34(69)32(67)36(74-44)42(71)49-8-2/h22-28,31-36,43-44,66-69H,7-21H2,1-6H3,(H,48,70)(H,49,71)(H,54,72)(H,52,55,57)(H,53,56,58)/t24-,25-,26-,27-,28-,31+,32+,33-,34-,35+,36+,43-,44-/m1/s1. The number of likely N-dealkylation sites (N-methyl/N-ethyl adjacent to an activating group) is 4. The third-order valence-electron chi connectivity index (χ3n) is 15.6. The lowest BCUT2D eigenvalue weighted by molar-refractivity contribution is -0.138. The van der Waals surface area contributed by atoms with E-state index in [0.717, 1.165) is 58.2 Å². The molecule has 27 nitrogen and oxygen atoms in total. The quantitative estimate of drug-likeness (QED) is 0.0646. The number of rotatable bonds is 15. The Kier molecular flexibility index (Phi) is 15.0. The Morgan fingerprint density at radius 3 is 1.50 bits per heavy atom. The molecular formula is C47H72N18O9. The van der Waals surface area contributed by atoms with Crippen molar-refractivity contribution in [3.05, 3.63) is 12.7 Å². The van der Waals surface area contributed by atoms with Gasteiger partial charge in [0.1, 0.15) is 24.4 Å². The van der Waals surface area contributed by atoms with Crippen LogP contribution in [0.25, 0.3) is 22.3 Å². The topological polar surface area (TPSA) is 314 Å². The number of fused-ring (bicyclic) bond motifs is 2. The average Bonchev–Trinajstić information content (AvgIpc) is 4.26. The number of urea groups is 1. The molecule has 0 aromatic carbocycles. The number of imidazole rings is 2. The Bertz CT molecular complexity index is 2660. The lowest BCUT2D eigenvalue weighted by atomic mass is 9.91. The molecule has 6 aliphatic rings. The summed E-state index contributed by atoms with van der Waals surface area (Å²) in [5.41, 5.74) is 1.65. The van der Waals surface area contributed by atoms with Gasteiger partial charge in [-0.05, 0) is 87.0 Å². The van der Waals surface area contributed by atoms with Crippen molar-refractivity contribution in [2.75, 3.05) is 101 Å². The van der Waals surface area contributed by atoms with Gasteiger partial charge in [-0.2, -0.15) is 19.9 Å². The second kappa shape index (κ2) is 21.4. The van der Waals surface area contributed by atoms with E-state index in [1.54, 1.807) is 23.0 Å². The van der Waals surface area contributed by atoms with Gasteiger partial charge in [0, 0.05) is 82.6 Å². The van der Waals surface area contributed by atoms with Gasteiger partial charge in [-0.15, -0.1) is 0 Å². The second-order valence-corrected chi connectivity index (χ2v) is 21.0. The summed E-state index contributed by atoms with van der Waals surface area (Å²) < 4.78 is 15.1. The summed E-state index contributed by atoms with van der Waals surface area (Å²) in [6.07, 6.45) is -2.16. The van der Waals surface area contributed by atoms with E-state index in [-0.39, 0.29) is 24.2 Å². The largest absolute Gasteiger partial charge is 0.387 e. The van der Waals surface area contributed by atoms with Crippen molar-refractivity contribution < 1.29 is 44.3 Å². The normalized spacial score (nSPS) is 31.4. The summed E-state index contributed by atoms with van der Waals surface area (Å²) in [5.74, 6) is 0.914. The van der Waals surface area contributed by atoms with Crippen molar-refractivity contribution in [1.29, 1.82) is 0 Å². The first-order chi connectivity index (χ1) is 35.6. The zero-order valence-electron chi connectivity index (χ0n) is 42.9. The van der Waals surface area contributed by atoms with Crippen LogP contribution < -0.4 is 36.4 Å². The number of hydrogen-bond acceptors (Lipinski definition) is 21. The van der Waals surface area contributed by atoms with Gasteiger partial charge in [0.25, 0.3) is 11.8 Å². The van der Waals surface area contributed by atoms with Crippen LogP contribution in [0.4, 0.5) is 28.3 Å². The fourth-order valence-electron chi connectivity index (χ4n) is 11.2. The second-order valence-electron chi connectivity index (χ2n) is 21.0. The van der Waals surface area contributed by atoms with Gasteiger partial charge >= 0.3 is 6.03 Å². The molecule has 5 aliphatic heterocycles. The molecule has 0 bridgehead atoms. The summed E-state index contributed by atoms with van der Waals surface area (Å²) in [6, 6.07) is 0.255. The first-order valence-corrected chi connectivity index (χ1v) is 26.1. The highest BCUT2D eigenvalue weighted by Gasteiger charge is 2.49. The summed E-state index contributed by atoms with van der Waals surface area (Å²) in [4.78, 5) is 79.0. The van der Waals surface area contributed by atoms with Crippen LogP contribution in [0.3, 0.4) is 0 Å². The van der Waals surface area contributed by atoms with Crippen molar-refractivity contribution in [2.45, 2.75) is 138 Å². The summed E-state index contributed by atoms with van der Waals surface area (Å²) in [5, 5.41) is 59.8. The Morgan fingerprint density at radius 1 is 0.595 bits per heavy atom. The molecule has 74 heavy (non-hydrogen) atoms. The Balaban J connectivity index is 0.797. The monoisotopic (exact) mass is 1030 g/mol. The summed E-state index contributed by atoms with van der Waals surface area (Å²) >= 11 is 0. The predicted molar refractivity (Wildman–Crippen MR) is 270 cm³/mol. The minimum absolute atomic E-state index is 0.00734. The lowest BCUT2D eigenvalue weighted by Gasteiger charge is -2.31. The average molecular weight is 1030 g/mol. The number of aliphatic hydroxyl groups is 4. The van der Waals surface area contributed by atoms with Crippen molar-refractivity contribution in [1.82, 2.24) is 69.7 Å². The first kappa shape index (κ1) is 51.7. The molecule has 4 amide bonds. The molecule has 1 saturated carbocycles. The van der Waals surface area contributed by atoms with Gasteiger partial charge in [-0.1, -0.05) is 0 Å². The van der Waals surface area contributed by atoms with Gasteiger partial charge in [-0.25, -0.2) is 14.8 Å². The van der Waals surface area contributed by atoms with Crippen LogP contribution in [-0.2, 0) is 19.1 Å². The zero-order chi connectivity index (χ0) is 52.1. The zero-order valence-corrected chi connectivity index (χ0v) is 42.9. The van der Waals surface area contributed by atoms with E-state index in [0.29, 0.717) is 97.1 Å². The fourth-order valence-corrected chi connectivity index (χ4v) is 11.2. The lowest BCUT2D eigenvalue weighted by Crippen LogP contribution is -2.46. The van der Waals surface area contributed by atoms with Crippen LogP contribution >= 0.6 is 0 Å². The van der Waals surface area contributed by atoms with E-state index < -0.39 is 60.9 Å². The summed E-state index contributed by atoms with van der Waals surface area (Å²) in [6.45, 7) is 8.03. The summed E-state index contributed by atoms with van der Waals surface area (Å²) in [7, 11) is 8.20. The molecule has 0 radical (unpaired) electrons. The van der Waals surface area contributed by atoms with Crippen LogP contribution in [-0.4, -0.2) is 239 Å². The minimum Gasteiger partial charge on any atom is -0.387 e. The van der Waals surface area contributed by atoms with Crippen LogP contribution in [0.15, 0.2) is 12.7 Å². The SMILES string of the molecule is CCNC(=O)[C@H]1O[C@@H](n2cnc3c(N[C@@H]4CCN(C(=O)N[C@H]5CC[C@H](Nc6nc(N7CC[C@@H](N(C)C)C7)nc7c6ncn7[C@@H]6O[C@H](C(=O)NCC)[C@@H](O)[C@H]6O)CC5)C4)nc(N4CC[C@@H](N(C)C)C4)nc32)[C@H](O)[C@@H]1O. The fraction of sp³-hybridized carbons (Fsp3) is 0.723. The highest BCUT2D eigenvalue weighted by Crippen LogP contribution is 2.37. The van der Waals surface area contributed by atoms with Crippen molar-refractivity contribution in [3.8, 4) is 0 Å². The molecule has 1 aliphatic carbocycles. The number of likely N-dealkylation sites (tertiary alicyclic amines) is 1. The molecule has 9 heterocycles. The molecule has 4 aromatic rings. The maximum Gasteiger partial charge on any atom is 0.317 e. The molecule has 27 heteroatoms. The number of ether oxygens (including phenoxy) is 2. The Morgan fingerprint density at radius 2 is 1.05 bits per heavy atom. The minimum atomic E-state index is -1.47. The van der Waals surface area contributed by atoms with Crippen LogP contribution in [0.5, 0.6) is 0 Å². The molecule has 6 fully saturated rings. The molecule has 5 saturated heterocycles. The molecule has 4 aromatic heterocycles. The van der Waals surface area contributed by atoms with Gasteiger partial charge < -0.3 is 81.0 Å². The van der Waals surface area contributed by atoms with Crippen LogP contribution in [0.2, 0.25) is 0 Å². The molecule has 10 rings (SSSR count). The maximum absolute atomic E-state index is 13.9. The highest BCUT2D eigenvalue weighted by atomic mass is 16.6. The van der Waals surface area contributed by atoms with E-state index in [1.165, 1.54) is 12.7 Å². The van der Waals surface area contributed by atoms with Gasteiger partial charge in [-0.3, -0.25) is 18.7 Å². The molecule has 404 valence electrons. The molecule has 0 spiro atoms. The van der Waals surface area contributed by atoms with Crippen molar-refractivity contribution >= 4 is 63.7 Å². The van der Waals surface area contributed by atoms with E-state index in [9.17, 15) is 34.8 Å². The predicted octanol–water partition coefficient (Wildman–Crippen LogP) is -1.62. The number of aliphatic hydroxyl groups excluding tert-OH is 4.